The van der Waals surface area contributed by atoms with Crippen molar-refractivity contribution in [3.05, 3.63) is 65.7 Å². The van der Waals surface area contributed by atoms with Gasteiger partial charge >= 0.3 is 5.97 Å². The summed E-state index contributed by atoms with van der Waals surface area (Å²) in [5.74, 6) is -0.663. The SMILES string of the molecule is Cc1ccc(NC(=O)[C@@H](C)OC(=O)C[C@@H](C)c2ccccc2)cc1. The van der Waals surface area contributed by atoms with Gasteiger partial charge < -0.3 is 10.1 Å². The van der Waals surface area contributed by atoms with Gasteiger partial charge in [-0.1, -0.05) is 55.0 Å². The van der Waals surface area contributed by atoms with E-state index >= 15 is 0 Å². The van der Waals surface area contributed by atoms with Gasteiger partial charge in [-0.05, 0) is 37.5 Å². The van der Waals surface area contributed by atoms with Crippen LogP contribution >= 0.6 is 0 Å². The van der Waals surface area contributed by atoms with Gasteiger partial charge in [0.05, 0.1) is 6.42 Å². The van der Waals surface area contributed by atoms with Crippen LogP contribution in [0.15, 0.2) is 54.6 Å². The van der Waals surface area contributed by atoms with E-state index in [4.69, 9.17) is 4.74 Å². The molecule has 0 fully saturated rings. The molecule has 2 rings (SSSR count). The minimum Gasteiger partial charge on any atom is -0.453 e. The summed E-state index contributed by atoms with van der Waals surface area (Å²) in [5.41, 5.74) is 2.87. The van der Waals surface area contributed by atoms with Crippen molar-refractivity contribution in [2.45, 2.75) is 39.2 Å². The fourth-order valence-corrected chi connectivity index (χ4v) is 2.33. The van der Waals surface area contributed by atoms with Crippen LogP contribution < -0.4 is 5.32 Å². The van der Waals surface area contributed by atoms with Crippen LogP contribution in [0, 0.1) is 6.92 Å². The lowest BCUT2D eigenvalue weighted by Gasteiger charge is -2.16. The fourth-order valence-electron chi connectivity index (χ4n) is 2.33. The van der Waals surface area contributed by atoms with Crippen molar-refractivity contribution < 1.29 is 14.3 Å². The molecule has 126 valence electrons. The minimum absolute atomic E-state index is 0.0473. The Labute approximate surface area is 142 Å². The Morgan fingerprint density at radius 3 is 2.25 bits per heavy atom. The molecular formula is C20H23NO3. The molecule has 2 aromatic rings. The first kappa shape index (κ1) is 17.7. The molecule has 0 saturated heterocycles. The standard InChI is InChI=1S/C20H23NO3/c1-14-9-11-18(12-10-14)21-20(23)16(3)24-19(22)13-15(2)17-7-5-4-6-8-17/h4-12,15-16H,13H2,1-3H3,(H,21,23)/t15-,16-/m1/s1. The number of rotatable bonds is 6. The summed E-state index contributed by atoms with van der Waals surface area (Å²) in [4.78, 5) is 24.1. The highest BCUT2D eigenvalue weighted by molar-refractivity contribution is 5.95. The summed E-state index contributed by atoms with van der Waals surface area (Å²) in [5, 5.41) is 2.74. The van der Waals surface area contributed by atoms with Crippen molar-refractivity contribution in [1.82, 2.24) is 0 Å². The quantitative estimate of drug-likeness (QED) is 0.815. The summed E-state index contributed by atoms with van der Waals surface area (Å²) >= 11 is 0. The number of esters is 1. The molecular weight excluding hydrogens is 302 g/mol. The minimum atomic E-state index is -0.832. The maximum Gasteiger partial charge on any atom is 0.307 e. The third kappa shape index (κ3) is 5.23. The number of ether oxygens (including phenoxy) is 1. The Morgan fingerprint density at radius 1 is 1.00 bits per heavy atom. The Balaban J connectivity index is 1.84. The number of benzene rings is 2. The highest BCUT2D eigenvalue weighted by Gasteiger charge is 2.20. The summed E-state index contributed by atoms with van der Waals surface area (Å²) in [6.07, 6.45) is -0.589. The fraction of sp³-hybridized carbons (Fsp3) is 0.300. The lowest BCUT2D eigenvalue weighted by molar-refractivity contribution is -0.153. The molecule has 0 aliphatic heterocycles. The summed E-state index contributed by atoms with van der Waals surface area (Å²) in [6, 6.07) is 17.2. The van der Waals surface area contributed by atoms with E-state index in [1.54, 1.807) is 6.92 Å². The number of hydrogen-bond donors (Lipinski definition) is 1. The van der Waals surface area contributed by atoms with Crippen molar-refractivity contribution in [2.24, 2.45) is 0 Å². The van der Waals surface area contributed by atoms with Crippen molar-refractivity contribution in [3.63, 3.8) is 0 Å². The van der Waals surface area contributed by atoms with Crippen LogP contribution in [0.4, 0.5) is 5.69 Å². The monoisotopic (exact) mass is 325 g/mol. The second-order valence-electron chi connectivity index (χ2n) is 6.00. The van der Waals surface area contributed by atoms with Gasteiger partial charge in [-0.25, -0.2) is 0 Å². The molecule has 0 bridgehead atoms. The molecule has 2 atom stereocenters. The van der Waals surface area contributed by atoms with Crippen molar-refractivity contribution in [2.75, 3.05) is 5.32 Å². The smallest absolute Gasteiger partial charge is 0.307 e. The molecule has 4 nitrogen and oxygen atoms in total. The Morgan fingerprint density at radius 2 is 1.62 bits per heavy atom. The highest BCUT2D eigenvalue weighted by atomic mass is 16.5. The van der Waals surface area contributed by atoms with Gasteiger partial charge in [0.25, 0.3) is 5.91 Å². The predicted octanol–water partition coefficient (Wildman–Crippen LogP) is 4.06. The number of carbonyl (C=O) groups is 2. The van der Waals surface area contributed by atoms with Gasteiger partial charge in [0.15, 0.2) is 6.10 Å². The van der Waals surface area contributed by atoms with Gasteiger partial charge in [0, 0.05) is 5.69 Å². The molecule has 0 radical (unpaired) electrons. The molecule has 0 spiro atoms. The number of anilines is 1. The highest BCUT2D eigenvalue weighted by Crippen LogP contribution is 2.19. The van der Waals surface area contributed by atoms with Gasteiger partial charge in [0.2, 0.25) is 0 Å². The number of carbonyl (C=O) groups excluding carboxylic acids is 2. The summed E-state index contributed by atoms with van der Waals surface area (Å²) < 4.78 is 5.25. The van der Waals surface area contributed by atoms with Gasteiger partial charge in [-0.3, -0.25) is 9.59 Å². The molecule has 24 heavy (non-hydrogen) atoms. The van der Waals surface area contributed by atoms with Crippen LogP contribution in [0.3, 0.4) is 0 Å². The lowest BCUT2D eigenvalue weighted by atomic mass is 9.98. The van der Waals surface area contributed by atoms with Crippen LogP contribution in [0.25, 0.3) is 0 Å². The average molecular weight is 325 g/mol. The molecule has 4 heteroatoms. The third-order valence-corrected chi connectivity index (χ3v) is 3.84. The Bertz CT molecular complexity index is 680. The summed E-state index contributed by atoms with van der Waals surface area (Å²) in [6.45, 7) is 5.52. The molecule has 1 amide bonds. The second-order valence-corrected chi connectivity index (χ2v) is 6.00. The van der Waals surface area contributed by atoms with Crippen LogP contribution in [-0.2, 0) is 14.3 Å². The molecule has 0 aliphatic carbocycles. The lowest BCUT2D eigenvalue weighted by Crippen LogP contribution is -2.30. The zero-order chi connectivity index (χ0) is 17.5. The average Bonchev–Trinajstić information content (AvgIpc) is 2.57. The Kier molecular flexibility index (Phi) is 6.13. The zero-order valence-electron chi connectivity index (χ0n) is 14.3. The molecule has 1 N–H and O–H groups in total. The van der Waals surface area contributed by atoms with E-state index in [1.165, 1.54) is 0 Å². The van der Waals surface area contributed by atoms with Gasteiger partial charge in [-0.2, -0.15) is 0 Å². The van der Waals surface area contributed by atoms with E-state index in [1.807, 2.05) is 68.4 Å². The van der Waals surface area contributed by atoms with Gasteiger partial charge in [-0.15, -0.1) is 0 Å². The molecule has 2 aromatic carbocycles. The van der Waals surface area contributed by atoms with Crippen LogP contribution in [0.2, 0.25) is 0 Å². The van der Waals surface area contributed by atoms with E-state index in [0.29, 0.717) is 5.69 Å². The first-order chi connectivity index (χ1) is 11.5. The first-order valence-corrected chi connectivity index (χ1v) is 8.07. The van der Waals surface area contributed by atoms with Crippen molar-refractivity contribution in [3.8, 4) is 0 Å². The van der Waals surface area contributed by atoms with E-state index in [2.05, 4.69) is 5.32 Å². The van der Waals surface area contributed by atoms with Crippen LogP contribution in [0.5, 0.6) is 0 Å². The van der Waals surface area contributed by atoms with E-state index in [-0.39, 0.29) is 24.2 Å². The Hall–Kier alpha value is -2.62. The maximum atomic E-state index is 12.1. The largest absolute Gasteiger partial charge is 0.453 e. The van der Waals surface area contributed by atoms with Gasteiger partial charge in [0.1, 0.15) is 0 Å². The van der Waals surface area contributed by atoms with E-state index < -0.39 is 6.10 Å². The number of amides is 1. The number of hydrogen-bond acceptors (Lipinski definition) is 3. The van der Waals surface area contributed by atoms with Crippen LogP contribution in [-0.4, -0.2) is 18.0 Å². The zero-order valence-corrected chi connectivity index (χ0v) is 14.3. The third-order valence-electron chi connectivity index (χ3n) is 3.84. The topological polar surface area (TPSA) is 55.4 Å². The normalized spacial score (nSPS) is 13.0. The molecule has 0 aromatic heterocycles. The second kappa shape index (κ2) is 8.29. The maximum absolute atomic E-state index is 12.1. The molecule has 0 heterocycles. The number of nitrogens with one attached hydrogen (secondary N) is 1. The molecule has 0 aliphatic rings. The summed E-state index contributed by atoms with van der Waals surface area (Å²) in [7, 11) is 0. The van der Waals surface area contributed by atoms with Crippen molar-refractivity contribution in [1.29, 1.82) is 0 Å². The molecule has 0 unspecified atom stereocenters. The molecule has 0 saturated carbocycles. The predicted molar refractivity (Wildman–Crippen MR) is 94.8 cm³/mol. The van der Waals surface area contributed by atoms with E-state index in [0.717, 1.165) is 11.1 Å². The number of aryl methyl sites for hydroxylation is 1. The van der Waals surface area contributed by atoms with Crippen LogP contribution in [0.1, 0.15) is 37.3 Å². The first-order valence-electron chi connectivity index (χ1n) is 8.07. The van der Waals surface area contributed by atoms with E-state index in [9.17, 15) is 9.59 Å². The van der Waals surface area contributed by atoms with Crippen molar-refractivity contribution >= 4 is 17.6 Å².